The van der Waals surface area contributed by atoms with Gasteiger partial charge < -0.3 is 10.1 Å². The van der Waals surface area contributed by atoms with Crippen LogP contribution in [0.15, 0.2) is 72.8 Å². The molecule has 1 aromatic heterocycles. The van der Waals surface area contributed by atoms with Crippen molar-refractivity contribution >= 4 is 33.1 Å². The van der Waals surface area contributed by atoms with Crippen LogP contribution in [0.2, 0.25) is 0 Å². The van der Waals surface area contributed by atoms with Crippen LogP contribution >= 0.6 is 11.3 Å². The lowest BCUT2D eigenvalue weighted by Gasteiger charge is -2.26. The van der Waals surface area contributed by atoms with E-state index >= 15 is 0 Å². The van der Waals surface area contributed by atoms with Crippen LogP contribution in [-0.4, -0.2) is 42.1 Å². The second kappa shape index (κ2) is 9.61. The van der Waals surface area contributed by atoms with Gasteiger partial charge in [0.25, 0.3) is 5.91 Å². The number of hydrogen-bond acceptors (Lipinski definition) is 5. The number of para-hydroxylation sites is 1. The molecule has 1 saturated heterocycles. The zero-order valence-electron chi connectivity index (χ0n) is 17.8. The van der Waals surface area contributed by atoms with E-state index in [1.54, 1.807) is 11.3 Å². The number of nitrogens with one attached hydrogen (secondary N) is 1. The molecule has 1 aliphatic heterocycles. The molecule has 32 heavy (non-hydrogen) atoms. The maximum atomic E-state index is 12.6. The number of morpholine rings is 1. The zero-order valence-corrected chi connectivity index (χ0v) is 18.6. The van der Waals surface area contributed by atoms with E-state index in [-0.39, 0.29) is 5.91 Å². The van der Waals surface area contributed by atoms with Gasteiger partial charge in [-0.3, -0.25) is 9.69 Å². The minimum Gasteiger partial charge on any atom is -0.379 e. The first-order chi connectivity index (χ1) is 15.7. The van der Waals surface area contributed by atoms with E-state index in [9.17, 15) is 4.79 Å². The molecule has 4 aromatic rings. The van der Waals surface area contributed by atoms with Crippen molar-refractivity contribution in [3.05, 3.63) is 94.5 Å². The molecule has 5 nitrogen and oxygen atoms in total. The molecule has 0 bridgehead atoms. The van der Waals surface area contributed by atoms with Crippen LogP contribution in [0.4, 0.5) is 5.69 Å². The van der Waals surface area contributed by atoms with Crippen molar-refractivity contribution < 1.29 is 9.53 Å². The number of anilines is 1. The van der Waals surface area contributed by atoms with Gasteiger partial charge in [-0.05, 0) is 47.5 Å². The van der Waals surface area contributed by atoms with Crippen molar-refractivity contribution in [3.63, 3.8) is 0 Å². The van der Waals surface area contributed by atoms with E-state index < -0.39 is 0 Å². The van der Waals surface area contributed by atoms with Crippen LogP contribution in [-0.2, 0) is 17.7 Å². The predicted octanol–water partition coefficient (Wildman–Crippen LogP) is 4.97. The number of fused-ring (bicyclic) bond motifs is 1. The van der Waals surface area contributed by atoms with Gasteiger partial charge in [0, 0.05) is 37.3 Å². The number of aromatic nitrogens is 1. The summed E-state index contributed by atoms with van der Waals surface area (Å²) < 4.78 is 6.61. The highest BCUT2D eigenvalue weighted by Crippen LogP contribution is 2.24. The summed E-state index contributed by atoms with van der Waals surface area (Å²) in [6.07, 6.45) is 0.790. The molecular formula is C26H25N3O2S. The van der Waals surface area contributed by atoms with E-state index in [4.69, 9.17) is 9.72 Å². The summed E-state index contributed by atoms with van der Waals surface area (Å²) in [5.41, 5.74) is 4.89. The Kier molecular flexibility index (Phi) is 6.25. The van der Waals surface area contributed by atoms with E-state index in [0.717, 1.165) is 55.5 Å². The molecule has 5 rings (SSSR count). The summed E-state index contributed by atoms with van der Waals surface area (Å²) in [4.78, 5) is 19.7. The summed E-state index contributed by atoms with van der Waals surface area (Å²) in [5, 5.41) is 4.09. The molecule has 0 spiro atoms. The molecule has 1 amide bonds. The highest BCUT2D eigenvalue weighted by atomic mass is 32.1. The molecule has 1 N–H and O–H groups in total. The molecule has 0 aliphatic carbocycles. The van der Waals surface area contributed by atoms with E-state index in [1.165, 1.54) is 15.8 Å². The Bertz CT molecular complexity index is 1160. The van der Waals surface area contributed by atoms with Gasteiger partial charge in [0.05, 0.1) is 28.4 Å². The maximum Gasteiger partial charge on any atom is 0.255 e. The number of carbonyl (C=O) groups excluding carboxylic acids is 1. The third-order valence-electron chi connectivity index (χ3n) is 5.63. The van der Waals surface area contributed by atoms with E-state index in [0.29, 0.717) is 5.56 Å². The second-order valence-corrected chi connectivity index (χ2v) is 9.10. The molecule has 1 aliphatic rings. The van der Waals surface area contributed by atoms with Crippen LogP contribution in [0.5, 0.6) is 0 Å². The number of amides is 1. The van der Waals surface area contributed by atoms with Crippen LogP contribution in [0.3, 0.4) is 0 Å². The number of hydrogen-bond donors (Lipinski definition) is 1. The Morgan fingerprint density at radius 2 is 1.66 bits per heavy atom. The first-order valence-corrected chi connectivity index (χ1v) is 11.7. The van der Waals surface area contributed by atoms with Crippen LogP contribution in [0.25, 0.3) is 10.2 Å². The van der Waals surface area contributed by atoms with Gasteiger partial charge in [0.2, 0.25) is 0 Å². The average molecular weight is 444 g/mol. The summed E-state index contributed by atoms with van der Waals surface area (Å²) >= 11 is 1.73. The number of carbonyl (C=O) groups is 1. The first kappa shape index (κ1) is 20.8. The first-order valence-electron chi connectivity index (χ1n) is 10.9. The molecule has 6 heteroatoms. The van der Waals surface area contributed by atoms with Gasteiger partial charge >= 0.3 is 0 Å². The molecule has 1 fully saturated rings. The quantitative estimate of drug-likeness (QED) is 0.457. The number of benzene rings is 3. The highest BCUT2D eigenvalue weighted by molar-refractivity contribution is 7.18. The fourth-order valence-electron chi connectivity index (χ4n) is 3.86. The van der Waals surface area contributed by atoms with Gasteiger partial charge in [-0.15, -0.1) is 11.3 Å². The van der Waals surface area contributed by atoms with Crippen molar-refractivity contribution in [1.82, 2.24) is 9.88 Å². The Labute approximate surface area is 191 Å². The molecule has 0 atom stereocenters. The van der Waals surface area contributed by atoms with Gasteiger partial charge in [0.15, 0.2) is 0 Å². The molecule has 0 unspecified atom stereocenters. The van der Waals surface area contributed by atoms with E-state index in [2.05, 4.69) is 16.3 Å². The topological polar surface area (TPSA) is 54.5 Å². The molecular weight excluding hydrogens is 418 g/mol. The average Bonchev–Trinajstić information content (AvgIpc) is 3.24. The van der Waals surface area contributed by atoms with Gasteiger partial charge in [-0.2, -0.15) is 0 Å². The molecule has 3 aromatic carbocycles. The Balaban J connectivity index is 1.18. The van der Waals surface area contributed by atoms with Crippen molar-refractivity contribution in [2.45, 2.75) is 13.0 Å². The lowest BCUT2D eigenvalue weighted by molar-refractivity contribution is 0.0342. The maximum absolute atomic E-state index is 12.6. The number of ether oxygens (including phenoxy) is 1. The molecule has 0 radical (unpaired) electrons. The smallest absolute Gasteiger partial charge is 0.255 e. The lowest BCUT2D eigenvalue weighted by Crippen LogP contribution is -2.35. The Morgan fingerprint density at radius 3 is 2.41 bits per heavy atom. The lowest BCUT2D eigenvalue weighted by atomic mass is 10.1. The summed E-state index contributed by atoms with van der Waals surface area (Å²) in [7, 11) is 0. The molecule has 0 saturated carbocycles. The molecule has 162 valence electrons. The van der Waals surface area contributed by atoms with Crippen molar-refractivity contribution in [1.29, 1.82) is 0 Å². The van der Waals surface area contributed by atoms with Gasteiger partial charge in [-0.1, -0.05) is 36.4 Å². The SMILES string of the molecule is O=C(Nc1ccc(Cc2nc3ccccc3s2)cc1)c1ccc(CN2CCOCC2)cc1. The number of nitrogens with zero attached hydrogens (tertiary/aromatic N) is 2. The van der Waals surface area contributed by atoms with Crippen molar-refractivity contribution in [2.24, 2.45) is 0 Å². The monoisotopic (exact) mass is 443 g/mol. The Hall–Kier alpha value is -3.06. The predicted molar refractivity (Wildman–Crippen MR) is 129 cm³/mol. The van der Waals surface area contributed by atoms with Crippen LogP contribution < -0.4 is 5.32 Å². The second-order valence-electron chi connectivity index (χ2n) is 7.99. The molecule has 2 heterocycles. The fourth-order valence-corrected chi connectivity index (χ4v) is 4.86. The summed E-state index contributed by atoms with van der Waals surface area (Å²) in [6, 6.07) is 24.1. The van der Waals surface area contributed by atoms with Crippen molar-refractivity contribution in [3.8, 4) is 0 Å². The Morgan fingerprint density at radius 1 is 0.938 bits per heavy atom. The number of rotatable bonds is 6. The van der Waals surface area contributed by atoms with Crippen molar-refractivity contribution in [2.75, 3.05) is 31.6 Å². The minimum atomic E-state index is -0.0955. The fraction of sp³-hybridized carbons (Fsp3) is 0.231. The third kappa shape index (κ3) is 5.05. The zero-order chi connectivity index (χ0) is 21.8. The standard InChI is InChI=1S/C26H25N3O2S/c30-26(21-9-5-20(6-10-21)18-29-13-15-31-16-14-29)27-22-11-7-19(8-12-22)17-25-28-23-3-1-2-4-24(23)32-25/h1-12H,13-18H2,(H,27,30). The minimum absolute atomic E-state index is 0.0955. The normalized spacial score (nSPS) is 14.5. The summed E-state index contributed by atoms with van der Waals surface area (Å²) in [5.74, 6) is -0.0955. The van der Waals surface area contributed by atoms with E-state index in [1.807, 2.05) is 66.7 Å². The third-order valence-corrected chi connectivity index (χ3v) is 6.67. The number of thiazole rings is 1. The largest absolute Gasteiger partial charge is 0.379 e. The highest BCUT2D eigenvalue weighted by Gasteiger charge is 2.12. The van der Waals surface area contributed by atoms with Gasteiger partial charge in [0.1, 0.15) is 0 Å². The van der Waals surface area contributed by atoms with Crippen LogP contribution in [0, 0.1) is 0 Å². The van der Waals surface area contributed by atoms with Crippen LogP contribution in [0.1, 0.15) is 26.5 Å². The van der Waals surface area contributed by atoms with Gasteiger partial charge in [-0.25, -0.2) is 4.98 Å². The summed E-state index contributed by atoms with van der Waals surface area (Å²) in [6.45, 7) is 4.38.